The predicted octanol–water partition coefficient (Wildman–Crippen LogP) is 2.34. The molecule has 1 aliphatic rings. The molecule has 2 rings (SSSR count). The zero-order chi connectivity index (χ0) is 14.9. The molecule has 1 saturated carbocycles. The van der Waals surface area contributed by atoms with Crippen LogP contribution in [0.5, 0.6) is 5.75 Å². The summed E-state index contributed by atoms with van der Waals surface area (Å²) in [5, 5.41) is 0. The summed E-state index contributed by atoms with van der Waals surface area (Å²) in [6, 6.07) is -0.0253. The van der Waals surface area contributed by atoms with Gasteiger partial charge < -0.3 is 10.5 Å². The Bertz CT molecular complexity index is 527. The van der Waals surface area contributed by atoms with Crippen molar-refractivity contribution in [2.24, 2.45) is 11.1 Å². The van der Waals surface area contributed by atoms with Gasteiger partial charge in [0.1, 0.15) is 11.5 Å². The van der Waals surface area contributed by atoms with Crippen molar-refractivity contribution in [3.05, 3.63) is 23.0 Å². The van der Waals surface area contributed by atoms with E-state index in [2.05, 4.69) is 4.98 Å². The van der Waals surface area contributed by atoms with Gasteiger partial charge in [0.2, 0.25) is 0 Å². The number of carbonyl (C=O) groups is 1. The van der Waals surface area contributed by atoms with E-state index in [0.29, 0.717) is 6.42 Å². The molecule has 0 aromatic carbocycles. The van der Waals surface area contributed by atoms with Gasteiger partial charge >= 0.3 is 0 Å². The molecule has 2 N–H and O–H groups in total. The maximum atomic E-state index is 12.6. The molecule has 1 aliphatic carbocycles. The molecule has 0 aliphatic heterocycles. The lowest BCUT2D eigenvalue weighted by molar-refractivity contribution is -0.127. The van der Waals surface area contributed by atoms with E-state index in [-0.39, 0.29) is 11.8 Å². The quantitative estimate of drug-likeness (QED) is 0.916. The summed E-state index contributed by atoms with van der Waals surface area (Å²) in [7, 11) is 1.65. The Morgan fingerprint density at radius 2 is 2.25 bits per heavy atom. The first-order valence-corrected chi connectivity index (χ1v) is 7.18. The summed E-state index contributed by atoms with van der Waals surface area (Å²) < 4.78 is 5.39. The fraction of sp³-hybridized carbons (Fsp3) is 0.625. The minimum absolute atomic E-state index is 0.0253. The van der Waals surface area contributed by atoms with Crippen molar-refractivity contribution in [3.63, 3.8) is 0 Å². The van der Waals surface area contributed by atoms with Crippen molar-refractivity contribution in [2.45, 2.75) is 52.5 Å². The van der Waals surface area contributed by atoms with Crippen molar-refractivity contribution in [3.8, 4) is 5.75 Å². The van der Waals surface area contributed by atoms with Gasteiger partial charge in [-0.2, -0.15) is 0 Å². The molecular formula is C16H24N2O2. The van der Waals surface area contributed by atoms with Crippen LogP contribution in [0.4, 0.5) is 0 Å². The lowest BCUT2D eigenvalue weighted by Crippen LogP contribution is -2.42. The van der Waals surface area contributed by atoms with Crippen LogP contribution in [0, 0.1) is 19.3 Å². The number of nitrogens with two attached hydrogens (primary N) is 1. The molecule has 110 valence electrons. The SMILES string of the molecule is COc1c(C)cnc(CC(=O)C2(C)CCCC2N)c1C. The van der Waals surface area contributed by atoms with Crippen molar-refractivity contribution >= 4 is 5.78 Å². The van der Waals surface area contributed by atoms with E-state index in [0.717, 1.165) is 41.8 Å². The number of pyridine rings is 1. The second kappa shape index (κ2) is 5.52. The van der Waals surface area contributed by atoms with Gasteiger partial charge in [-0.15, -0.1) is 0 Å². The van der Waals surface area contributed by atoms with E-state index in [9.17, 15) is 4.79 Å². The van der Waals surface area contributed by atoms with Crippen LogP contribution >= 0.6 is 0 Å². The molecule has 0 bridgehead atoms. The molecule has 2 unspecified atom stereocenters. The average Bonchev–Trinajstić information content (AvgIpc) is 2.75. The minimum atomic E-state index is -0.397. The molecule has 0 saturated heterocycles. The average molecular weight is 276 g/mol. The number of hydrogen-bond donors (Lipinski definition) is 1. The van der Waals surface area contributed by atoms with E-state index in [1.165, 1.54) is 0 Å². The van der Waals surface area contributed by atoms with Crippen molar-refractivity contribution < 1.29 is 9.53 Å². The largest absolute Gasteiger partial charge is 0.496 e. The molecular weight excluding hydrogens is 252 g/mol. The standard InChI is InChI=1S/C16H24N2O2/c1-10-9-18-12(11(2)15(10)20-4)8-14(19)16(3)7-5-6-13(16)17/h9,13H,5-8,17H2,1-4H3. The van der Waals surface area contributed by atoms with Crippen LogP contribution < -0.4 is 10.5 Å². The third-order valence-corrected chi connectivity index (χ3v) is 4.74. The van der Waals surface area contributed by atoms with Gasteiger partial charge in [0.05, 0.1) is 12.8 Å². The Balaban J connectivity index is 2.25. The van der Waals surface area contributed by atoms with E-state index >= 15 is 0 Å². The molecule has 1 heterocycles. The van der Waals surface area contributed by atoms with Crippen LogP contribution in [0.2, 0.25) is 0 Å². The fourth-order valence-corrected chi connectivity index (χ4v) is 3.14. The predicted molar refractivity (Wildman–Crippen MR) is 78.9 cm³/mol. The first kappa shape index (κ1) is 15.0. The summed E-state index contributed by atoms with van der Waals surface area (Å²) in [4.78, 5) is 17.0. The molecule has 4 nitrogen and oxygen atoms in total. The summed E-state index contributed by atoms with van der Waals surface area (Å²) in [5.41, 5.74) is 8.47. The van der Waals surface area contributed by atoms with E-state index in [1.54, 1.807) is 13.3 Å². The second-order valence-electron chi connectivity index (χ2n) is 6.06. The van der Waals surface area contributed by atoms with Gasteiger partial charge in [-0.05, 0) is 26.7 Å². The number of Topliss-reactive ketones (excluding diaryl/α,β-unsaturated/α-hetero) is 1. The van der Waals surface area contributed by atoms with E-state index in [1.807, 2.05) is 20.8 Å². The van der Waals surface area contributed by atoms with Gasteiger partial charge in [-0.1, -0.05) is 13.3 Å². The van der Waals surface area contributed by atoms with Crippen LogP contribution in [-0.2, 0) is 11.2 Å². The number of nitrogens with zero attached hydrogens (tertiary/aromatic N) is 1. The molecule has 2 atom stereocenters. The Morgan fingerprint density at radius 3 is 2.80 bits per heavy atom. The second-order valence-corrected chi connectivity index (χ2v) is 6.06. The molecule has 0 spiro atoms. The number of aryl methyl sites for hydroxylation is 1. The van der Waals surface area contributed by atoms with Crippen molar-refractivity contribution in [1.29, 1.82) is 0 Å². The lowest BCUT2D eigenvalue weighted by atomic mass is 9.78. The highest BCUT2D eigenvalue weighted by atomic mass is 16.5. The number of methoxy groups -OCH3 is 1. The number of rotatable bonds is 4. The molecule has 4 heteroatoms. The summed E-state index contributed by atoms with van der Waals surface area (Å²) in [6.07, 6.45) is 4.96. The number of aromatic nitrogens is 1. The molecule has 0 amide bonds. The summed E-state index contributed by atoms with van der Waals surface area (Å²) in [5.74, 6) is 1.02. The summed E-state index contributed by atoms with van der Waals surface area (Å²) >= 11 is 0. The molecule has 1 aromatic heterocycles. The zero-order valence-corrected chi connectivity index (χ0v) is 12.8. The minimum Gasteiger partial charge on any atom is -0.496 e. The normalized spacial score (nSPS) is 25.8. The Morgan fingerprint density at radius 1 is 1.55 bits per heavy atom. The first-order valence-electron chi connectivity index (χ1n) is 7.18. The zero-order valence-electron chi connectivity index (χ0n) is 12.8. The number of hydrogen-bond acceptors (Lipinski definition) is 4. The van der Waals surface area contributed by atoms with Gasteiger partial charge in [-0.25, -0.2) is 0 Å². The highest BCUT2D eigenvalue weighted by Crippen LogP contribution is 2.38. The Kier molecular flexibility index (Phi) is 4.14. The first-order chi connectivity index (χ1) is 9.40. The Hall–Kier alpha value is -1.42. The third kappa shape index (κ3) is 2.44. The maximum absolute atomic E-state index is 12.6. The molecule has 1 fully saturated rings. The van der Waals surface area contributed by atoms with Crippen LogP contribution in [0.25, 0.3) is 0 Å². The topological polar surface area (TPSA) is 65.2 Å². The van der Waals surface area contributed by atoms with Crippen LogP contribution in [0.1, 0.15) is 43.0 Å². The van der Waals surface area contributed by atoms with Crippen molar-refractivity contribution in [2.75, 3.05) is 7.11 Å². The molecule has 20 heavy (non-hydrogen) atoms. The van der Waals surface area contributed by atoms with Crippen LogP contribution in [0.3, 0.4) is 0 Å². The highest BCUT2D eigenvalue weighted by molar-refractivity contribution is 5.87. The number of ether oxygens (including phenoxy) is 1. The number of carbonyl (C=O) groups excluding carboxylic acids is 1. The lowest BCUT2D eigenvalue weighted by Gasteiger charge is -2.27. The number of ketones is 1. The van der Waals surface area contributed by atoms with Crippen molar-refractivity contribution in [1.82, 2.24) is 4.98 Å². The van der Waals surface area contributed by atoms with Gasteiger partial charge in [-0.3, -0.25) is 9.78 Å². The highest BCUT2D eigenvalue weighted by Gasteiger charge is 2.42. The third-order valence-electron chi connectivity index (χ3n) is 4.74. The van der Waals surface area contributed by atoms with Gasteiger partial charge in [0, 0.05) is 35.2 Å². The molecule has 0 radical (unpaired) electrons. The van der Waals surface area contributed by atoms with Crippen LogP contribution in [0.15, 0.2) is 6.20 Å². The van der Waals surface area contributed by atoms with Gasteiger partial charge in [0.25, 0.3) is 0 Å². The smallest absolute Gasteiger partial charge is 0.146 e. The molecule has 1 aromatic rings. The van der Waals surface area contributed by atoms with E-state index < -0.39 is 5.41 Å². The fourth-order valence-electron chi connectivity index (χ4n) is 3.14. The van der Waals surface area contributed by atoms with Gasteiger partial charge in [0.15, 0.2) is 0 Å². The van der Waals surface area contributed by atoms with E-state index in [4.69, 9.17) is 10.5 Å². The Labute approximate surface area is 120 Å². The monoisotopic (exact) mass is 276 g/mol. The maximum Gasteiger partial charge on any atom is 0.146 e. The summed E-state index contributed by atoms with van der Waals surface area (Å²) in [6.45, 7) is 5.91. The van der Waals surface area contributed by atoms with Crippen LogP contribution in [-0.4, -0.2) is 23.9 Å².